The summed E-state index contributed by atoms with van der Waals surface area (Å²) >= 11 is 0. The predicted molar refractivity (Wildman–Crippen MR) is 109 cm³/mol. The lowest BCUT2D eigenvalue weighted by atomic mass is 10.1. The molecule has 0 bridgehead atoms. The second kappa shape index (κ2) is 9.43. The summed E-state index contributed by atoms with van der Waals surface area (Å²) in [5.74, 6) is 0.905. The van der Waals surface area contributed by atoms with Crippen molar-refractivity contribution >= 4 is 17.5 Å². The second-order valence-corrected chi connectivity index (χ2v) is 6.87. The molecule has 0 unspecified atom stereocenters. The molecule has 2 amide bonds. The summed E-state index contributed by atoms with van der Waals surface area (Å²) in [6, 6.07) is 12.0. The van der Waals surface area contributed by atoms with E-state index in [4.69, 9.17) is 14.2 Å². The van der Waals surface area contributed by atoms with E-state index < -0.39 is 6.10 Å². The number of amides is 2. The fourth-order valence-corrected chi connectivity index (χ4v) is 3.28. The Hall–Kier alpha value is -3.06. The first-order chi connectivity index (χ1) is 14.0. The first kappa shape index (κ1) is 20.7. The van der Waals surface area contributed by atoms with E-state index in [9.17, 15) is 9.59 Å². The maximum absolute atomic E-state index is 12.8. The Morgan fingerprint density at radius 2 is 1.97 bits per heavy atom. The summed E-state index contributed by atoms with van der Waals surface area (Å²) < 4.78 is 16.1. The third-order valence-corrected chi connectivity index (χ3v) is 4.87. The SMILES string of the molecule is COc1ccc(OC)c([C@H](C)NC(=O)c2cccc(NC(=O)[C@H]3CCCO3)c2)c1. The van der Waals surface area contributed by atoms with Crippen molar-refractivity contribution in [2.75, 3.05) is 26.1 Å². The number of carbonyl (C=O) groups excluding carboxylic acids is 2. The van der Waals surface area contributed by atoms with E-state index >= 15 is 0 Å². The van der Waals surface area contributed by atoms with E-state index in [1.807, 2.05) is 13.0 Å². The van der Waals surface area contributed by atoms with Gasteiger partial charge in [0.05, 0.1) is 20.3 Å². The quantitative estimate of drug-likeness (QED) is 0.747. The van der Waals surface area contributed by atoms with Crippen LogP contribution in [0.15, 0.2) is 42.5 Å². The third kappa shape index (κ3) is 5.06. The van der Waals surface area contributed by atoms with Gasteiger partial charge in [0.2, 0.25) is 0 Å². The van der Waals surface area contributed by atoms with E-state index in [1.165, 1.54) is 0 Å². The van der Waals surface area contributed by atoms with Gasteiger partial charge in [-0.1, -0.05) is 6.07 Å². The van der Waals surface area contributed by atoms with Crippen LogP contribution < -0.4 is 20.1 Å². The molecule has 29 heavy (non-hydrogen) atoms. The molecular formula is C22H26N2O5. The van der Waals surface area contributed by atoms with Crippen molar-refractivity contribution in [1.29, 1.82) is 0 Å². The molecule has 1 aliphatic heterocycles. The summed E-state index contributed by atoms with van der Waals surface area (Å²) in [6.07, 6.45) is 1.17. The summed E-state index contributed by atoms with van der Waals surface area (Å²) in [5.41, 5.74) is 1.82. The molecule has 1 saturated heterocycles. The van der Waals surface area contributed by atoms with Crippen LogP contribution in [0.2, 0.25) is 0 Å². The highest BCUT2D eigenvalue weighted by atomic mass is 16.5. The molecule has 0 aliphatic carbocycles. The van der Waals surface area contributed by atoms with Crippen LogP contribution in [0.4, 0.5) is 5.69 Å². The molecule has 2 aromatic carbocycles. The second-order valence-electron chi connectivity index (χ2n) is 6.87. The third-order valence-electron chi connectivity index (χ3n) is 4.87. The number of nitrogens with one attached hydrogen (secondary N) is 2. The number of rotatable bonds is 7. The number of hydrogen-bond donors (Lipinski definition) is 2. The van der Waals surface area contributed by atoms with Crippen LogP contribution in [0.25, 0.3) is 0 Å². The molecule has 7 nitrogen and oxygen atoms in total. The van der Waals surface area contributed by atoms with Crippen molar-refractivity contribution in [1.82, 2.24) is 5.32 Å². The number of hydrogen-bond acceptors (Lipinski definition) is 5. The predicted octanol–water partition coefficient (Wildman–Crippen LogP) is 3.31. The first-order valence-electron chi connectivity index (χ1n) is 9.57. The zero-order chi connectivity index (χ0) is 20.8. The van der Waals surface area contributed by atoms with Crippen LogP contribution in [0.1, 0.15) is 41.7 Å². The van der Waals surface area contributed by atoms with Crippen LogP contribution in [0, 0.1) is 0 Å². The van der Waals surface area contributed by atoms with Crippen molar-refractivity contribution in [2.24, 2.45) is 0 Å². The molecular weight excluding hydrogens is 372 g/mol. The Morgan fingerprint density at radius 3 is 2.66 bits per heavy atom. The highest BCUT2D eigenvalue weighted by Crippen LogP contribution is 2.29. The van der Waals surface area contributed by atoms with E-state index in [1.54, 1.807) is 50.6 Å². The monoisotopic (exact) mass is 398 g/mol. The van der Waals surface area contributed by atoms with Crippen molar-refractivity contribution in [3.05, 3.63) is 53.6 Å². The van der Waals surface area contributed by atoms with Gasteiger partial charge in [0.15, 0.2) is 0 Å². The molecule has 0 saturated carbocycles. The van der Waals surface area contributed by atoms with E-state index in [2.05, 4.69) is 10.6 Å². The smallest absolute Gasteiger partial charge is 0.253 e. The molecule has 2 atom stereocenters. The highest BCUT2D eigenvalue weighted by Gasteiger charge is 2.24. The zero-order valence-corrected chi connectivity index (χ0v) is 16.9. The number of anilines is 1. The lowest BCUT2D eigenvalue weighted by Crippen LogP contribution is -2.28. The van der Waals surface area contributed by atoms with Gasteiger partial charge in [-0.15, -0.1) is 0 Å². The van der Waals surface area contributed by atoms with E-state index in [-0.39, 0.29) is 17.9 Å². The molecule has 1 aliphatic rings. The van der Waals surface area contributed by atoms with Crippen molar-refractivity contribution in [3.8, 4) is 11.5 Å². The van der Waals surface area contributed by atoms with E-state index in [0.717, 1.165) is 12.0 Å². The molecule has 7 heteroatoms. The van der Waals surface area contributed by atoms with Crippen molar-refractivity contribution in [3.63, 3.8) is 0 Å². The maximum atomic E-state index is 12.8. The molecule has 0 spiro atoms. The standard InChI is InChI=1S/C22H26N2O5/c1-14(18-13-17(27-2)9-10-19(18)28-3)23-21(25)15-6-4-7-16(12-15)24-22(26)20-8-5-11-29-20/h4,6-7,9-10,12-14,20H,5,8,11H2,1-3H3,(H,23,25)(H,24,26)/t14-,20+/m0/s1. The summed E-state index contributed by atoms with van der Waals surface area (Å²) in [4.78, 5) is 25.0. The van der Waals surface area contributed by atoms with Crippen molar-refractivity contribution in [2.45, 2.75) is 31.9 Å². The van der Waals surface area contributed by atoms with Gasteiger partial charge < -0.3 is 24.8 Å². The maximum Gasteiger partial charge on any atom is 0.253 e. The summed E-state index contributed by atoms with van der Waals surface area (Å²) in [5, 5.41) is 5.78. The largest absolute Gasteiger partial charge is 0.497 e. The molecule has 0 radical (unpaired) electrons. The molecule has 2 N–H and O–H groups in total. The molecule has 1 heterocycles. The first-order valence-corrected chi connectivity index (χ1v) is 9.57. The normalized spacial score (nSPS) is 16.7. The fraction of sp³-hybridized carbons (Fsp3) is 0.364. The number of ether oxygens (including phenoxy) is 3. The Labute approximate surface area is 170 Å². The van der Waals surface area contributed by atoms with Crippen molar-refractivity contribution < 1.29 is 23.8 Å². The molecule has 0 aromatic heterocycles. The van der Waals surface area contributed by atoms with Crippen LogP contribution in [0.5, 0.6) is 11.5 Å². The average molecular weight is 398 g/mol. The van der Waals surface area contributed by atoms with Gasteiger partial charge in [-0.2, -0.15) is 0 Å². The summed E-state index contributed by atoms with van der Waals surface area (Å²) in [6.45, 7) is 2.48. The van der Waals surface area contributed by atoms with E-state index in [0.29, 0.717) is 35.8 Å². The molecule has 154 valence electrons. The fourth-order valence-electron chi connectivity index (χ4n) is 3.28. The molecule has 3 rings (SSSR count). The van der Waals surface area contributed by atoms with Gasteiger partial charge in [0.25, 0.3) is 11.8 Å². The lowest BCUT2D eigenvalue weighted by Gasteiger charge is -2.18. The van der Waals surface area contributed by atoms with Crippen LogP contribution in [-0.2, 0) is 9.53 Å². The minimum absolute atomic E-state index is 0.186. The number of carbonyl (C=O) groups is 2. The Balaban J connectivity index is 1.70. The Kier molecular flexibility index (Phi) is 6.72. The molecule has 2 aromatic rings. The van der Waals surface area contributed by atoms with Gasteiger partial charge in [0.1, 0.15) is 17.6 Å². The summed E-state index contributed by atoms with van der Waals surface area (Å²) in [7, 11) is 3.17. The van der Waals surface area contributed by atoms with Gasteiger partial charge >= 0.3 is 0 Å². The minimum atomic E-state index is -0.423. The molecule has 1 fully saturated rings. The van der Waals surface area contributed by atoms with Crippen LogP contribution >= 0.6 is 0 Å². The van der Waals surface area contributed by atoms with Gasteiger partial charge in [0, 0.05) is 23.4 Å². The number of methoxy groups -OCH3 is 2. The minimum Gasteiger partial charge on any atom is -0.497 e. The van der Waals surface area contributed by atoms with Crippen LogP contribution in [-0.4, -0.2) is 38.7 Å². The number of benzene rings is 2. The Bertz CT molecular complexity index is 877. The van der Waals surface area contributed by atoms with Gasteiger partial charge in [-0.25, -0.2) is 0 Å². The Morgan fingerprint density at radius 1 is 1.14 bits per heavy atom. The van der Waals surface area contributed by atoms with Gasteiger partial charge in [-0.05, 0) is 56.2 Å². The highest BCUT2D eigenvalue weighted by molar-refractivity contribution is 5.98. The lowest BCUT2D eigenvalue weighted by molar-refractivity contribution is -0.124. The van der Waals surface area contributed by atoms with Gasteiger partial charge in [-0.3, -0.25) is 9.59 Å². The topological polar surface area (TPSA) is 85.9 Å². The van der Waals surface area contributed by atoms with Crippen LogP contribution in [0.3, 0.4) is 0 Å². The zero-order valence-electron chi connectivity index (χ0n) is 16.9. The average Bonchev–Trinajstić information content (AvgIpc) is 3.28.